The standard InChI is InChI=1S/4C14H7F3OS/c4*15-14(16,17)13(18)9-5-3-7-11-12(9)8-4-1-2-6-10(8)19-11/h4*1-7H. The van der Waals surface area contributed by atoms with Crippen molar-refractivity contribution in [3.05, 3.63) is 192 Å². The number of thiophene rings is 4. The molecule has 0 spiro atoms. The lowest BCUT2D eigenvalue weighted by molar-refractivity contribution is -0.0886. The van der Waals surface area contributed by atoms with Gasteiger partial charge >= 0.3 is 24.7 Å². The fourth-order valence-corrected chi connectivity index (χ4v) is 13.0. The number of ketones is 4. The van der Waals surface area contributed by atoms with Crippen molar-refractivity contribution in [2.24, 2.45) is 0 Å². The summed E-state index contributed by atoms with van der Waals surface area (Å²) in [5, 5.41) is 4.34. The molecule has 0 aliphatic heterocycles. The molecule has 4 heterocycles. The molecular formula is C56H28F12O4S4. The monoisotopic (exact) mass is 1120 g/mol. The molecule has 0 saturated heterocycles. The van der Waals surface area contributed by atoms with Crippen molar-refractivity contribution < 1.29 is 71.9 Å². The summed E-state index contributed by atoms with van der Waals surface area (Å²) in [5.41, 5.74) is -1.10. The molecule has 4 nitrogen and oxygen atoms in total. The first-order chi connectivity index (χ1) is 35.9. The van der Waals surface area contributed by atoms with Gasteiger partial charge in [0.25, 0.3) is 23.1 Å². The average molecular weight is 1120 g/mol. The Morgan fingerprint density at radius 2 is 0.408 bits per heavy atom. The Balaban J connectivity index is 0.000000124. The summed E-state index contributed by atoms with van der Waals surface area (Å²) in [6, 6.07) is 46.4. The summed E-state index contributed by atoms with van der Waals surface area (Å²) in [5.74, 6) is -7.16. The Hall–Kier alpha value is -7.52. The second-order valence-electron chi connectivity index (χ2n) is 16.4. The van der Waals surface area contributed by atoms with E-state index in [9.17, 15) is 71.9 Å². The fourth-order valence-electron chi connectivity index (χ4n) is 8.47. The van der Waals surface area contributed by atoms with E-state index in [1.165, 1.54) is 93.9 Å². The highest BCUT2D eigenvalue weighted by Crippen LogP contribution is 2.42. The zero-order chi connectivity index (χ0) is 54.5. The Morgan fingerprint density at radius 1 is 0.237 bits per heavy atom. The van der Waals surface area contributed by atoms with E-state index in [-0.39, 0.29) is 22.3 Å². The molecule has 4 aromatic heterocycles. The third kappa shape index (κ3) is 10.5. The molecule has 0 saturated carbocycles. The molecule has 0 aliphatic rings. The van der Waals surface area contributed by atoms with Gasteiger partial charge in [-0.15, -0.1) is 45.3 Å². The maximum atomic E-state index is 12.6. The highest BCUT2D eigenvalue weighted by atomic mass is 32.1. The maximum absolute atomic E-state index is 12.6. The van der Waals surface area contributed by atoms with Crippen LogP contribution in [0, 0.1) is 0 Å². The van der Waals surface area contributed by atoms with E-state index in [2.05, 4.69) is 0 Å². The van der Waals surface area contributed by atoms with Gasteiger partial charge in [0.1, 0.15) is 0 Å². The SMILES string of the molecule is O=C(c1cccc2sc3ccccc3c12)C(F)(F)F.O=C(c1cccc2sc3ccccc3c12)C(F)(F)F.O=C(c1cccc2sc3ccccc3c12)C(F)(F)F.O=C(c1cccc2sc3ccccc3c12)C(F)(F)F. The summed E-state index contributed by atoms with van der Waals surface area (Å²) in [6.07, 6.45) is -19.4. The van der Waals surface area contributed by atoms with E-state index in [0.717, 1.165) is 18.8 Å². The smallest absolute Gasteiger partial charge is 0.284 e. The Bertz CT molecular complexity index is 3690. The van der Waals surface area contributed by atoms with E-state index in [1.54, 1.807) is 72.8 Å². The van der Waals surface area contributed by atoms with Crippen molar-refractivity contribution >= 4 is 149 Å². The minimum absolute atomic E-state index is 0.276. The molecular weight excluding hydrogens is 1090 g/mol. The van der Waals surface area contributed by atoms with Crippen molar-refractivity contribution in [2.45, 2.75) is 24.7 Å². The topological polar surface area (TPSA) is 68.3 Å². The number of benzene rings is 8. The lowest BCUT2D eigenvalue weighted by atomic mass is 10.0. The van der Waals surface area contributed by atoms with Gasteiger partial charge in [-0.1, -0.05) is 121 Å². The number of alkyl halides is 12. The summed E-state index contributed by atoms with van der Waals surface area (Å²) in [6.45, 7) is 0. The van der Waals surface area contributed by atoms with Crippen molar-refractivity contribution in [3.63, 3.8) is 0 Å². The van der Waals surface area contributed by atoms with Gasteiger partial charge in [0.2, 0.25) is 0 Å². The van der Waals surface area contributed by atoms with Gasteiger partial charge in [0.05, 0.1) is 0 Å². The van der Waals surface area contributed by atoms with E-state index in [1.807, 2.05) is 48.5 Å². The van der Waals surface area contributed by atoms with E-state index < -0.39 is 47.8 Å². The number of Topliss-reactive ketones (excluding diaryl/α,β-unsaturated/α-hetero) is 4. The number of hydrogen-bond donors (Lipinski definition) is 0. The summed E-state index contributed by atoms with van der Waals surface area (Å²) < 4.78 is 158. The van der Waals surface area contributed by atoms with Crippen LogP contribution in [0.25, 0.3) is 80.7 Å². The van der Waals surface area contributed by atoms with Gasteiger partial charge in [-0.3, -0.25) is 19.2 Å². The van der Waals surface area contributed by atoms with Crippen LogP contribution >= 0.6 is 45.3 Å². The van der Waals surface area contributed by atoms with Gasteiger partial charge in [-0.25, -0.2) is 0 Å². The molecule has 76 heavy (non-hydrogen) atoms. The van der Waals surface area contributed by atoms with Crippen LogP contribution in [0.4, 0.5) is 52.7 Å². The quantitative estimate of drug-likeness (QED) is 0.130. The lowest BCUT2D eigenvalue weighted by Crippen LogP contribution is -2.22. The predicted octanol–water partition coefficient (Wildman–Crippen LogP) is 19.2. The molecule has 0 unspecified atom stereocenters. The van der Waals surface area contributed by atoms with Crippen LogP contribution in [0.1, 0.15) is 41.4 Å². The first-order valence-corrected chi connectivity index (χ1v) is 25.3. The molecule has 0 bridgehead atoms. The zero-order valence-corrected chi connectivity index (χ0v) is 41.2. The Morgan fingerprint density at radius 3 is 0.592 bits per heavy atom. The van der Waals surface area contributed by atoms with Gasteiger partial charge in [-0.2, -0.15) is 52.7 Å². The van der Waals surface area contributed by atoms with Crippen LogP contribution < -0.4 is 0 Å². The summed E-state index contributed by atoms with van der Waals surface area (Å²) >= 11 is 5.54. The van der Waals surface area contributed by atoms with Crippen molar-refractivity contribution in [1.29, 1.82) is 0 Å². The number of rotatable bonds is 4. The number of hydrogen-bond acceptors (Lipinski definition) is 8. The zero-order valence-electron chi connectivity index (χ0n) is 38.0. The third-order valence-corrected chi connectivity index (χ3v) is 16.2. The van der Waals surface area contributed by atoms with Gasteiger partial charge < -0.3 is 0 Å². The number of fused-ring (bicyclic) bond motifs is 12. The van der Waals surface area contributed by atoms with Crippen LogP contribution in [-0.2, 0) is 0 Å². The maximum Gasteiger partial charge on any atom is 0.454 e. The third-order valence-electron chi connectivity index (χ3n) is 11.6. The molecule has 8 aromatic carbocycles. The molecule has 384 valence electrons. The second-order valence-corrected chi connectivity index (χ2v) is 20.8. The average Bonchev–Trinajstić information content (AvgIpc) is 4.19. The van der Waals surface area contributed by atoms with Crippen LogP contribution in [0.5, 0.6) is 0 Å². The molecule has 12 aromatic rings. The molecule has 0 aliphatic carbocycles. The lowest BCUT2D eigenvalue weighted by Gasteiger charge is -2.06. The summed E-state index contributed by atoms with van der Waals surface area (Å²) in [7, 11) is 0. The summed E-state index contributed by atoms with van der Waals surface area (Å²) in [4.78, 5) is 46.0. The fraction of sp³-hybridized carbons (Fsp3) is 0.0714. The molecule has 12 rings (SSSR count). The van der Waals surface area contributed by atoms with E-state index >= 15 is 0 Å². The number of carbonyl (C=O) groups is 4. The highest BCUT2D eigenvalue weighted by Gasteiger charge is 2.43. The van der Waals surface area contributed by atoms with Crippen LogP contribution in [0.3, 0.4) is 0 Å². The molecule has 20 heteroatoms. The largest absolute Gasteiger partial charge is 0.454 e. The number of halogens is 12. The Kier molecular flexibility index (Phi) is 14.4. The predicted molar refractivity (Wildman–Crippen MR) is 279 cm³/mol. The van der Waals surface area contributed by atoms with E-state index in [4.69, 9.17) is 0 Å². The molecule has 0 atom stereocenters. The highest BCUT2D eigenvalue weighted by molar-refractivity contribution is 7.27. The van der Waals surface area contributed by atoms with Gasteiger partial charge in [-0.05, 0) is 48.5 Å². The van der Waals surface area contributed by atoms with Crippen LogP contribution in [0.15, 0.2) is 170 Å². The van der Waals surface area contributed by atoms with Crippen LogP contribution in [0.2, 0.25) is 0 Å². The van der Waals surface area contributed by atoms with Crippen molar-refractivity contribution in [2.75, 3.05) is 0 Å². The molecule has 0 amide bonds. The first-order valence-electron chi connectivity index (χ1n) is 22.0. The Labute approximate surface area is 435 Å². The minimum Gasteiger partial charge on any atom is -0.284 e. The van der Waals surface area contributed by atoms with Crippen molar-refractivity contribution in [3.8, 4) is 0 Å². The molecule has 0 fully saturated rings. The minimum atomic E-state index is -4.85. The second kappa shape index (κ2) is 20.5. The normalized spacial score (nSPS) is 12.2. The van der Waals surface area contributed by atoms with Gasteiger partial charge in [0.15, 0.2) is 0 Å². The van der Waals surface area contributed by atoms with Crippen LogP contribution in [-0.4, -0.2) is 47.8 Å². The van der Waals surface area contributed by atoms with Crippen molar-refractivity contribution in [1.82, 2.24) is 0 Å². The molecule has 0 N–H and O–H groups in total. The first kappa shape index (κ1) is 53.3. The van der Waals surface area contributed by atoms with E-state index in [0.29, 0.717) is 61.9 Å². The van der Waals surface area contributed by atoms with Gasteiger partial charge in [0, 0.05) is 103 Å². The molecule has 0 radical (unpaired) electrons. The number of carbonyl (C=O) groups excluding carboxylic acids is 4.